The summed E-state index contributed by atoms with van der Waals surface area (Å²) in [6.45, 7) is 2.53. The number of aliphatic carboxylic acids is 1. The minimum Gasteiger partial charge on any atom is -0.497 e. The highest BCUT2D eigenvalue weighted by Crippen LogP contribution is 2.22. The van der Waals surface area contributed by atoms with E-state index >= 15 is 0 Å². The van der Waals surface area contributed by atoms with Crippen LogP contribution in [0.2, 0.25) is 0 Å². The van der Waals surface area contributed by atoms with Crippen molar-refractivity contribution in [3.8, 4) is 5.75 Å². The van der Waals surface area contributed by atoms with Gasteiger partial charge in [-0.15, -0.1) is 0 Å². The van der Waals surface area contributed by atoms with Crippen LogP contribution < -0.4 is 10.1 Å². The number of carboxylic acid groups (broad SMARTS) is 1. The fraction of sp³-hybridized carbons (Fsp3) is 0.364. The molecule has 0 radical (unpaired) electrons. The average Bonchev–Trinajstić information content (AvgIpc) is 2.73. The number of ether oxygens (including phenoxy) is 1. The first-order chi connectivity index (χ1) is 13.6. The zero-order valence-corrected chi connectivity index (χ0v) is 16.0. The van der Waals surface area contributed by atoms with Crippen molar-refractivity contribution in [3.05, 3.63) is 65.7 Å². The predicted octanol–water partition coefficient (Wildman–Crippen LogP) is 2.85. The minimum atomic E-state index is -1.07. The van der Waals surface area contributed by atoms with E-state index < -0.39 is 12.0 Å². The van der Waals surface area contributed by atoms with Gasteiger partial charge in [0, 0.05) is 12.5 Å². The number of piperidine rings is 1. The molecule has 0 bridgehead atoms. The Morgan fingerprint density at radius 3 is 2.32 bits per heavy atom. The molecule has 1 heterocycles. The first kappa shape index (κ1) is 19.9. The van der Waals surface area contributed by atoms with Crippen LogP contribution in [0.5, 0.6) is 5.75 Å². The number of hydrogen-bond acceptors (Lipinski definition) is 4. The quantitative estimate of drug-likeness (QED) is 0.770. The van der Waals surface area contributed by atoms with Crippen molar-refractivity contribution in [2.24, 2.45) is 5.92 Å². The van der Waals surface area contributed by atoms with E-state index in [1.807, 2.05) is 18.2 Å². The van der Waals surface area contributed by atoms with Crippen molar-refractivity contribution < 1.29 is 19.4 Å². The molecule has 2 aromatic carbocycles. The molecule has 1 saturated heterocycles. The van der Waals surface area contributed by atoms with Crippen molar-refractivity contribution in [3.63, 3.8) is 0 Å². The molecule has 1 atom stereocenters. The number of carbonyl (C=O) groups excluding carboxylic acids is 1. The molecule has 1 aliphatic heterocycles. The molecule has 2 aromatic rings. The second-order valence-electron chi connectivity index (χ2n) is 7.09. The summed E-state index contributed by atoms with van der Waals surface area (Å²) >= 11 is 0. The SMILES string of the molecule is COc1ccc(C(NC(=O)C2CCN(Cc3ccccc3)CC2)C(=O)O)cc1. The monoisotopic (exact) mass is 382 g/mol. The Hall–Kier alpha value is -2.86. The van der Waals surface area contributed by atoms with Crippen LogP contribution >= 0.6 is 0 Å². The van der Waals surface area contributed by atoms with Gasteiger partial charge < -0.3 is 15.2 Å². The van der Waals surface area contributed by atoms with Crippen LogP contribution in [0.1, 0.15) is 30.0 Å². The van der Waals surface area contributed by atoms with Crippen molar-refractivity contribution in [1.82, 2.24) is 10.2 Å². The summed E-state index contributed by atoms with van der Waals surface area (Å²) in [5.74, 6) is -0.778. The second kappa shape index (κ2) is 9.37. The largest absolute Gasteiger partial charge is 0.497 e. The summed E-state index contributed by atoms with van der Waals surface area (Å²) in [7, 11) is 1.55. The van der Waals surface area contributed by atoms with E-state index in [4.69, 9.17) is 4.74 Å². The molecule has 28 heavy (non-hydrogen) atoms. The van der Waals surface area contributed by atoms with E-state index in [1.165, 1.54) is 5.56 Å². The number of amides is 1. The summed E-state index contributed by atoms with van der Waals surface area (Å²) in [6.07, 6.45) is 1.46. The van der Waals surface area contributed by atoms with Gasteiger partial charge in [0.1, 0.15) is 5.75 Å². The fourth-order valence-corrected chi connectivity index (χ4v) is 3.54. The number of carboxylic acids is 1. The highest BCUT2D eigenvalue weighted by atomic mass is 16.5. The number of carbonyl (C=O) groups is 2. The molecule has 1 aliphatic rings. The number of nitrogens with zero attached hydrogens (tertiary/aromatic N) is 1. The third kappa shape index (κ3) is 5.10. The Bertz CT molecular complexity index is 784. The van der Waals surface area contributed by atoms with Gasteiger partial charge >= 0.3 is 5.97 Å². The van der Waals surface area contributed by atoms with Crippen LogP contribution in [-0.4, -0.2) is 42.1 Å². The maximum Gasteiger partial charge on any atom is 0.330 e. The summed E-state index contributed by atoms with van der Waals surface area (Å²) in [4.78, 5) is 26.7. The first-order valence-electron chi connectivity index (χ1n) is 9.50. The van der Waals surface area contributed by atoms with E-state index in [0.717, 1.165) is 32.5 Å². The molecule has 2 N–H and O–H groups in total. The van der Waals surface area contributed by atoms with Gasteiger partial charge in [0.15, 0.2) is 6.04 Å². The Balaban J connectivity index is 1.55. The van der Waals surface area contributed by atoms with Gasteiger partial charge in [-0.1, -0.05) is 42.5 Å². The lowest BCUT2D eigenvalue weighted by Crippen LogP contribution is -2.42. The molecule has 0 saturated carbocycles. The van der Waals surface area contributed by atoms with Gasteiger partial charge in [0.25, 0.3) is 0 Å². The molecule has 6 heteroatoms. The third-order valence-electron chi connectivity index (χ3n) is 5.19. The smallest absolute Gasteiger partial charge is 0.330 e. The van der Waals surface area contributed by atoms with Crippen molar-refractivity contribution in [2.45, 2.75) is 25.4 Å². The lowest BCUT2D eigenvalue weighted by atomic mass is 9.94. The first-order valence-corrected chi connectivity index (χ1v) is 9.50. The Kier molecular flexibility index (Phi) is 6.66. The minimum absolute atomic E-state index is 0.160. The second-order valence-corrected chi connectivity index (χ2v) is 7.09. The van der Waals surface area contributed by atoms with E-state index in [0.29, 0.717) is 11.3 Å². The van der Waals surface area contributed by atoms with Gasteiger partial charge in [-0.3, -0.25) is 9.69 Å². The van der Waals surface area contributed by atoms with Crippen LogP contribution in [0.25, 0.3) is 0 Å². The Morgan fingerprint density at radius 2 is 1.75 bits per heavy atom. The summed E-state index contributed by atoms with van der Waals surface area (Å²) in [5.41, 5.74) is 1.79. The van der Waals surface area contributed by atoms with Crippen molar-refractivity contribution in [2.75, 3.05) is 20.2 Å². The van der Waals surface area contributed by atoms with Crippen LogP contribution in [0.15, 0.2) is 54.6 Å². The van der Waals surface area contributed by atoms with Gasteiger partial charge in [-0.25, -0.2) is 4.79 Å². The molecule has 1 unspecified atom stereocenters. The molecular formula is C22H26N2O4. The number of rotatable bonds is 7. The number of hydrogen-bond donors (Lipinski definition) is 2. The van der Waals surface area contributed by atoms with Crippen LogP contribution in [0.4, 0.5) is 0 Å². The number of nitrogens with one attached hydrogen (secondary N) is 1. The maximum atomic E-state index is 12.7. The molecular weight excluding hydrogens is 356 g/mol. The lowest BCUT2D eigenvalue weighted by Gasteiger charge is -2.31. The molecule has 0 aliphatic carbocycles. The number of benzene rings is 2. The fourth-order valence-electron chi connectivity index (χ4n) is 3.54. The Morgan fingerprint density at radius 1 is 1.11 bits per heavy atom. The van der Waals surface area contributed by atoms with Crippen molar-refractivity contribution >= 4 is 11.9 Å². The molecule has 0 aromatic heterocycles. The summed E-state index contributed by atoms with van der Waals surface area (Å²) in [6, 6.07) is 15.9. The molecule has 1 amide bonds. The molecule has 3 rings (SSSR count). The van der Waals surface area contributed by atoms with Crippen molar-refractivity contribution in [1.29, 1.82) is 0 Å². The molecule has 0 spiro atoms. The topological polar surface area (TPSA) is 78.9 Å². The summed E-state index contributed by atoms with van der Waals surface area (Å²) in [5, 5.41) is 12.3. The zero-order valence-electron chi connectivity index (χ0n) is 16.0. The molecule has 148 valence electrons. The standard InChI is InChI=1S/C22H26N2O4/c1-28-19-9-7-17(8-10-19)20(22(26)27)23-21(25)18-11-13-24(14-12-18)15-16-5-3-2-4-6-16/h2-10,18,20H,11-15H2,1H3,(H,23,25)(H,26,27). The highest BCUT2D eigenvalue weighted by molar-refractivity contribution is 5.86. The number of methoxy groups -OCH3 is 1. The predicted molar refractivity (Wildman–Crippen MR) is 106 cm³/mol. The van der Waals surface area contributed by atoms with Crippen LogP contribution in [0.3, 0.4) is 0 Å². The zero-order chi connectivity index (χ0) is 19.9. The third-order valence-corrected chi connectivity index (χ3v) is 5.19. The molecule has 1 fully saturated rings. The average molecular weight is 382 g/mol. The van der Waals surface area contributed by atoms with E-state index in [-0.39, 0.29) is 11.8 Å². The van der Waals surface area contributed by atoms with Gasteiger partial charge in [-0.2, -0.15) is 0 Å². The van der Waals surface area contributed by atoms with E-state index in [1.54, 1.807) is 31.4 Å². The van der Waals surface area contributed by atoms with Crippen LogP contribution in [-0.2, 0) is 16.1 Å². The lowest BCUT2D eigenvalue weighted by molar-refractivity contribution is -0.143. The Labute approximate surface area is 165 Å². The van der Waals surface area contributed by atoms with Crippen LogP contribution in [0, 0.1) is 5.92 Å². The maximum absolute atomic E-state index is 12.7. The van der Waals surface area contributed by atoms with Gasteiger partial charge in [0.05, 0.1) is 7.11 Å². The van der Waals surface area contributed by atoms with Gasteiger partial charge in [0.2, 0.25) is 5.91 Å². The molecule has 6 nitrogen and oxygen atoms in total. The number of likely N-dealkylation sites (tertiary alicyclic amines) is 1. The van der Waals surface area contributed by atoms with Gasteiger partial charge in [-0.05, 0) is 49.2 Å². The summed E-state index contributed by atoms with van der Waals surface area (Å²) < 4.78 is 5.10. The van der Waals surface area contributed by atoms with E-state index in [9.17, 15) is 14.7 Å². The normalized spacial score (nSPS) is 16.3. The highest BCUT2D eigenvalue weighted by Gasteiger charge is 2.29. The van der Waals surface area contributed by atoms with E-state index in [2.05, 4.69) is 22.3 Å².